The average Bonchev–Trinajstić information content (AvgIpc) is 3.22. The van der Waals surface area contributed by atoms with Crippen LogP contribution < -0.4 is 5.32 Å². The van der Waals surface area contributed by atoms with Gasteiger partial charge in [-0.05, 0) is 50.1 Å². The van der Waals surface area contributed by atoms with Crippen LogP contribution in [0.25, 0.3) is 0 Å². The van der Waals surface area contributed by atoms with Crippen LogP contribution in [-0.2, 0) is 19.6 Å². The van der Waals surface area contributed by atoms with Crippen molar-refractivity contribution in [2.45, 2.75) is 45.4 Å². The molecule has 2 aromatic rings. The summed E-state index contributed by atoms with van der Waals surface area (Å²) < 4.78 is 5.98. The van der Waals surface area contributed by atoms with E-state index >= 15 is 0 Å². The highest BCUT2D eigenvalue weighted by molar-refractivity contribution is 5.20. The van der Waals surface area contributed by atoms with Gasteiger partial charge < -0.3 is 9.73 Å². The summed E-state index contributed by atoms with van der Waals surface area (Å²) in [5, 5.41) is 3.50. The number of furan rings is 1. The fourth-order valence-electron chi connectivity index (χ4n) is 2.49. The lowest BCUT2D eigenvalue weighted by molar-refractivity contribution is 0.282. The molecule has 0 aromatic carbocycles. The molecule has 0 radical (unpaired) electrons. The second-order valence-electron chi connectivity index (χ2n) is 6.01. The molecule has 1 saturated carbocycles. The zero-order valence-electron chi connectivity index (χ0n) is 12.8. The van der Waals surface area contributed by atoms with E-state index < -0.39 is 0 Å². The van der Waals surface area contributed by atoms with E-state index in [4.69, 9.17) is 4.42 Å². The molecule has 2 heterocycles. The van der Waals surface area contributed by atoms with Crippen LogP contribution in [0.4, 0.5) is 0 Å². The van der Waals surface area contributed by atoms with Crippen molar-refractivity contribution in [1.82, 2.24) is 15.2 Å². The van der Waals surface area contributed by atoms with Gasteiger partial charge >= 0.3 is 0 Å². The first-order valence-corrected chi connectivity index (χ1v) is 7.60. The Bertz CT molecular complexity index is 575. The molecule has 0 unspecified atom stereocenters. The van der Waals surface area contributed by atoms with Gasteiger partial charge in [-0.1, -0.05) is 6.07 Å². The lowest BCUT2D eigenvalue weighted by Crippen LogP contribution is -2.17. The molecule has 21 heavy (non-hydrogen) atoms. The fourth-order valence-corrected chi connectivity index (χ4v) is 2.49. The van der Waals surface area contributed by atoms with Gasteiger partial charge in [0, 0.05) is 25.0 Å². The number of hydrogen-bond donors (Lipinski definition) is 1. The van der Waals surface area contributed by atoms with Gasteiger partial charge in [0.15, 0.2) is 0 Å². The van der Waals surface area contributed by atoms with Crippen molar-refractivity contribution in [3.05, 3.63) is 53.2 Å². The number of nitrogens with zero attached hydrogens (tertiary/aromatic N) is 2. The predicted molar refractivity (Wildman–Crippen MR) is 82.7 cm³/mol. The van der Waals surface area contributed by atoms with Crippen LogP contribution in [0.15, 0.2) is 35.0 Å². The summed E-state index contributed by atoms with van der Waals surface area (Å²) in [6, 6.07) is 6.94. The van der Waals surface area contributed by atoms with Gasteiger partial charge in [-0.25, -0.2) is 0 Å². The standard InChI is InChI=1S/C17H23N3O/c1-13-8-16(21-17(13)10-19-15-5-6-15)12-20(2)11-14-4-3-7-18-9-14/h3-4,7-9,15,19H,5-6,10-12H2,1-2H3. The Labute approximate surface area is 126 Å². The average molecular weight is 285 g/mol. The van der Waals surface area contributed by atoms with Crippen LogP contribution in [0.2, 0.25) is 0 Å². The van der Waals surface area contributed by atoms with E-state index in [1.54, 1.807) is 6.20 Å². The highest BCUT2D eigenvalue weighted by atomic mass is 16.3. The summed E-state index contributed by atoms with van der Waals surface area (Å²) in [4.78, 5) is 6.39. The Morgan fingerprint density at radius 1 is 1.38 bits per heavy atom. The maximum atomic E-state index is 5.98. The Kier molecular flexibility index (Phi) is 4.36. The van der Waals surface area contributed by atoms with Crippen LogP contribution in [0.1, 0.15) is 35.5 Å². The van der Waals surface area contributed by atoms with Gasteiger partial charge in [0.25, 0.3) is 0 Å². The van der Waals surface area contributed by atoms with E-state index in [9.17, 15) is 0 Å². The second kappa shape index (κ2) is 6.41. The number of nitrogens with one attached hydrogen (secondary N) is 1. The molecule has 2 aromatic heterocycles. The van der Waals surface area contributed by atoms with Gasteiger partial charge in [-0.15, -0.1) is 0 Å². The van der Waals surface area contributed by atoms with Gasteiger partial charge in [0.1, 0.15) is 11.5 Å². The molecular weight excluding hydrogens is 262 g/mol. The summed E-state index contributed by atoms with van der Waals surface area (Å²) >= 11 is 0. The molecule has 0 spiro atoms. The van der Waals surface area contributed by atoms with Crippen LogP contribution in [0.3, 0.4) is 0 Å². The maximum Gasteiger partial charge on any atom is 0.120 e. The third-order valence-corrected chi connectivity index (χ3v) is 3.80. The van der Waals surface area contributed by atoms with Crippen molar-refractivity contribution >= 4 is 0 Å². The fraction of sp³-hybridized carbons (Fsp3) is 0.471. The molecule has 4 nitrogen and oxygen atoms in total. The Morgan fingerprint density at radius 3 is 2.95 bits per heavy atom. The maximum absolute atomic E-state index is 5.98. The zero-order chi connectivity index (χ0) is 14.7. The van der Waals surface area contributed by atoms with Crippen molar-refractivity contribution in [1.29, 1.82) is 0 Å². The molecule has 0 bridgehead atoms. The molecule has 1 fully saturated rings. The first kappa shape index (κ1) is 14.3. The van der Waals surface area contributed by atoms with Gasteiger partial charge in [0.05, 0.1) is 13.1 Å². The SMILES string of the molecule is Cc1cc(CN(C)Cc2cccnc2)oc1CNC1CC1. The van der Waals surface area contributed by atoms with Crippen LogP contribution in [0, 0.1) is 6.92 Å². The molecule has 1 aliphatic carbocycles. The molecule has 4 heteroatoms. The quantitative estimate of drug-likeness (QED) is 0.849. The largest absolute Gasteiger partial charge is 0.463 e. The number of pyridine rings is 1. The summed E-state index contributed by atoms with van der Waals surface area (Å²) in [7, 11) is 2.10. The van der Waals surface area contributed by atoms with E-state index in [2.05, 4.69) is 41.3 Å². The highest BCUT2D eigenvalue weighted by Crippen LogP contribution is 2.21. The monoisotopic (exact) mass is 285 g/mol. The summed E-state index contributed by atoms with van der Waals surface area (Å²) in [5.74, 6) is 2.11. The first-order chi connectivity index (χ1) is 10.2. The van der Waals surface area contributed by atoms with Crippen LogP contribution in [-0.4, -0.2) is 23.0 Å². The lowest BCUT2D eigenvalue weighted by atomic mass is 10.2. The number of aryl methyl sites for hydroxylation is 1. The van der Waals surface area contributed by atoms with Gasteiger partial charge in [-0.2, -0.15) is 0 Å². The van der Waals surface area contributed by atoms with E-state index in [1.807, 2.05) is 12.3 Å². The predicted octanol–water partition coefficient (Wildman–Crippen LogP) is 2.87. The number of hydrogen-bond acceptors (Lipinski definition) is 4. The molecule has 0 saturated heterocycles. The van der Waals surface area contributed by atoms with Gasteiger partial charge in [-0.3, -0.25) is 9.88 Å². The zero-order valence-corrected chi connectivity index (χ0v) is 12.8. The second-order valence-corrected chi connectivity index (χ2v) is 6.01. The van der Waals surface area contributed by atoms with Crippen molar-refractivity contribution in [2.24, 2.45) is 0 Å². The van der Waals surface area contributed by atoms with Crippen molar-refractivity contribution in [2.75, 3.05) is 7.05 Å². The first-order valence-electron chi connectivity index (χ1n) is 7.60. The summed E-state index contributed by atoms with van der Waals surface area (Å²) in [6.45, 7) is 4.67. The molecule has 112 valence electrons. The van der Waals surface area contributed by atoms with Crippen molar-refractivity contribution < 1.29 is 4.42 Å². The van der Waals surface area contributed by atoms with E-state index in [-0.39, 0.29) is 0 Å². The van der Waals surface area contributed by atoms with E-state index in [0.717, 1.165) is 31.2 Å². The van der Waals surface area contributed by atoms with Crippen LogP contribution >= 0.6 is 0 Å². The molecule has 0 atom stereocenters. The molecule has 3 rings (SSSR count). The Morgan fingerprint density at radius 2 is 2.24 bits per heavy atom. The normalized spacial score (nSPS) is 14.8. The lowest BCUT2D eigenvalue weighted by Gasteiger charge is -2.14. The third kappa shape index (κ3) is 4.16. The summed E-state index contributed by atoms with van der Waals surface area (Å²) in [6.07, 6.45) is 6.33. The van der Waals surface area contributed by atoms with Crippen molar-refractivity contribution in [3.8, 4) is 0 Å². The minimum atomic E-state index is 0.714. The molecule has 0 amide bonds. The van der Waals surface area contributed by atoms with Crippen LogP contribution in [0.5, 0.6) is 0 Å². The van der Waals surface area contributed by atoms with E-state index in [1.165, 1.54) is 24.0 Å². The smallest absolute Gasteiger partial charge is 0.120 e. The molecule has 1 N–H and O–H groups in total. The molecular formula is C17H23N3O. The minimum Gasteiger partial charge on any atom is -0.463 e. The minimum absolute atomic E-state index is 0.714. The van der Waals surface area contributed by atoms with Gasteiger partial charge in [0.2, 0.25) is 0 Å². The number of aromatic nitrogens is 1. The van der Waals surface area contributed by atoms with E-state index in [0.29, 0.717) is 6.04 Å². The molecule has 1 aliphatic rings. The third-order valence-electron chi connectivity index (χ3n) is 3.80. The topological polar surface area (TPSA) is 41.3 Å². The Balaban J connectivity index is 1.55. The summed E-state index contributed by atoms with van der Waals surface area (Å²) in [5.41, 5.74) is 2.46. The molecule has 0 aliphatic heterocycles. The van der Waals surface area contributed by atoms with Crippen molar-refractivity contribution in [3.63, 3.8) is 0 Å². The number of rotatable bonds is 7. The Hall–Kier alpha value is -1.65. The highest BCUT2D eigenvalue weighted by Gasteiger charge is 2.21.